The van der Waals surface area contributed by atoms with Crippen LogP contribution in [0, 0.1) is 11.6 Å². The van der Waals surface area contributed by atoms with Crippen molar-refractivity contribution in [2.75, 3.05) is 6.79 Å². The number of esters is 1. The largest absolute Gasteiger partial charge is 0.524 e. The Balaban J connectivity index is 1.50. The number of phosphoric acid groups is 1. The zero-order chi connectivity index (χ0) is 32.9. The summed E-state index contributed by atoms with van der Waals surface area (Å²) in [5.41, 5.74) is 0.304. The van der Waals surface area contributed by atoms with Crippen molar-refractivity contribution in [2.24, 2.45) is 4.99 Å². The molecular weight excluding hydrogens is 643 g/mol. The van der Waals surface area contributed by atoms with Gasteiger partial charge in [0.1, 0.15) is 35.6 Å². The fraction of sp³-hybridized carbons (Fsp3) is 0.167. The molecule has 2 atom stereocenters. The molecule has 3 aromatic carbocycles. The van der Waals surface area contributed by atoms with Gasteiger partial charge in [-0.15, -0.1) is 11.3 Å². The van der Waals surface area contributed by atoms with E-state index >= 15 is 4.39 Å². The lowest BCUT2D eigenvalue weighted by Gasteiger charge is -2.38. The number of rotatable bonds is 13. The zero-order valence-electron chi connectivity index (χ0n) is 24.1. The number of carbonyl (C=O) groups is 1. The monoisotopic (exact) mass is 669 g/mol. The average molecular weight is 670 g/mol. The summed E-state index contributed by atoms with van der Waals surface area (Å²) in [6, 6.07) is 15.3. The molecule has 0 bridgehead atoms. The molecule has 46 heavy (non-hydrogen) atoms. The number of aliphatic imine (C=N–C) groups is 1. The fourth-order valence-corrected chi connectivity index (χ4v) is 6.09. The third kappa shape index (κ3) is 7.58. The number of hydrogen-bond acceptors (Lipinski definition) is 10. The Kier molecular flexibility index (Phi) is 9.79. The molecule has 2 unspecified atom stereocenters. The number of aromatic nitrogens is 4. The number of hydrogen-bond donors (Lipinski definition) is 2. The highest BCUT2D eigenvalue weighted by Crippen LogP contribution is 2.45. The third-order valence-electron chi connectivity index (χ3n) is 6.99. The van der Waals surface area contributed by atoms with Gasteiger partial charge in [-0.1, -0.05) is 31.2 Å². The molecule has 16 heteroatoms. The normalized spacial score (nSPS) is 13.5. The van der Waals surface area contributed by atoms with Crippen molar-refractivity contribution >= 4 is 37.5 Å². The summed E-state index contributed by atoms with van der Waals surface area (Å²) in [6.07, 6.45) is 2.68. The number of carbonyl (C=O) groups excluding carboxylic acids is 1. The van der Waals surface area contributed by atoms with Gasteiger partial charge in [0, 0.05) is 28.5 Å². The highest BCUT2D eigenvalue weighted by Gasteiger charge is 2.45. The SMILES string of the molecule is C=Nc1ccc(-c2csc(C(C)C(Cn3cncn3)(OCOC(=O)c3cccc(OP(=O)(O)O)c3)c3ccc(F)cc3F)n2)cc1. The first-order valence-electron chi connectivity index (χ1n) is 13.4. The molecule has 0 saturated heterocycles. The molecule has 2 N–H and O–H groups in total. The maximum atomic E-state index is 15.6. The van der Waals surface area contributed by atoms with Crippen LogP contribution in [-0.4, -0.2) is 49.0 Å². The lowest BCUT2D eigenvalue weighted by Crippen LogP contribution is -2.42. The molecule has 5 aromatic rings. The quantitative estimate of drug-likeness (QED) is 0.0658. The van der Waals surface area contributed by atoms with Crippen molar-refractivity contribution < 1.29 is 41.9 Å². The maximum Gasteiger partial charge on any atom is 0.524 e. The van der Waals surface area contributed by atoms with Gasteiger partial charge in [0.2, 0.25) is 0 Å². The number of ether oxygens (including phenoxy) is 2. The summed E-state index contributed by atoms with van der Waals surface area (Å²) >= 11 is 1.29. The van der Waals surface area contributed by atoms with Gasteiger partial charge < -0.3 is 14.0 Å². The van der Waals surface area contributed by atoms with Crippen LogP contribution < -0.4 is 4.52 Å². The summed E-state index contributed by atoms with van der Waals surface area (Å²) in [4.78, 5) is 43.8. The van der Waals surface area contributed by atoms with Gasteiger partial charge in [0.05, 0.1) is 28.5 Å². The van der Waals surface area contributed by atoms with Gasteiger partial charge in [-0.2, -0.15) is 5.10 Å². The van der Waals surface area contributed by atoms with Gasteiger partial charge in [0.25, 0.3) is 0 Å². The lowest BCUT2D eigenvalue weighted by molar-refractivity contribution is -0.148. The van der Waals surface area contributed by atoms with E-state index < -0.39 is 43.7 Å². The van der Waals surface area contributed by atoms with E-state index in [1.165, 1.54) is 52.9 Å². The first-order valence-corrected chi connectivity index (χ1v) is 15.9. The van der Waals surface area contributed by atoms with Crippen LogP contribution in [0.25, 0.3) is 11.3 Å². The molecule has 2 heterocycles. The Morgan fingerprint density at radius 1 is 1.15 bits per heavy atom. The van der Waals surface area contributed by atoms with E-state index in [4.69, 9.17) is 24.2 Å². The Morgan fingerprint density at radius 2 is 1.93 bits per heavy atom. The fourth-order valence-electron chi connectivity index (χ4n) is 4.74. The molecule has 0 amide bonds. The first kappa shape index (κ1) is 32.7. The molecule has 0 fully saturated rings. The second-order valence-corrected chi connectivity index (χ2v) is 12.0. The van der Waals surface area contributed by atoms with E-state index in [1.54, 1.807) is 19.1 Å². The Morgan fingerprint density at radius 3 is 2.61 bits per heavy atom. The number of nitrogens with zero attached hydrogens (tertiary/aromatic N) is 5. The predicted octanol–water partition coefficient (Wildman–Crippen LogP) is 6.01. The van der Waals surface area contributed by atoms with Gasteiger partial charge >= 0.3 is 13.8 Å². The van der Waals surface area contributed by atoms with Crippen LogP contribution in [0.15, 0.2) is 89.8 Å². The summed E-state index contributed by atoms with van der Waals surface area (Å²) in [5.74, 6) is -3.64. The van der Waals surface area contributed by atoms with Crippen LogP contribution in [0.2, 0.25) is 0 Å². The molecular formula is C30H26F2N5O7PS. The molecule has 0 aliphatic heterocycles. The maximum absolute atomic E-state index is 15.6. The minimum absolute atomic E-state index is 0.0526. The minimum atomic E-state index is -4.88. The number of thiazole rings is 1. The lowest BCUT2D eigenvalue weighted by atomic mass is 9.81. The predicted molar refractivity (Wildman–Crippen MR) is 164 cm³/mol. The number of halogens is 2. The number of benzene rings is 3. The topological polar surface area (TPSA) is 158 Å². The van der Waals surface area contributed by atoms with Gasteiger partial charge in [0.15, 0.2) is 6.79 Å². The van der Waals surface area contributed by atoms with Crippen LogP contribution in [0.4, 0.5) is 14.5 Å². The molecule has 0 aliphatic rings. The van der Waals surface area contributed by atoms with E-state index in [0.717, 1.165) is 23.8 Å². The molecule has 0 radical (unpaired) electrons. The Labute approximate surface area is 265 Å². The molecule has 0 spiro atoms. The zero-order valence-corrected chi connectivity index (χ0v) is 25.8. The second kappa shape index (κ2) is 13.8. The summed E-state index contributed by atoms with van der Waals surface area (Å²) < 4.78 is 58.6. The van der Waals surface area contributed by atoms with E-state index in [9.17, 15) is 13.8 Å². The Bertz CT molecular complexity index is 1880. The summed E-state index contributed by atoms with van der Waals surface area (Å²) in [6.45, 7) is 4.41. The molecule has 238 valence electrons. The molecule has 0 saturated carbocycles. The van der Waals surface area contributed by atoms with Crippen molar-refractivity contribution in [3.05, 3.63) is 113 Å². The summed E-state index contributed by atoms with van der Waals surface area (Å²) in [7, 11) is -4.88. The second-order valence-electron chi connectivity index (χ2n) is 9.91. The van der Waals surface area contributed by atoms with Crippen LogP contribution in [0.1, 0.15) is 33.8 Å². The van der Waals surface area contributed by atoms with Crippen LogP contribution >= 0.6 is 19.2 Å². The molecule has 5 rings (SSSR count). The smallest absolute Gasteiger partial charge is 0.435 e. The number of phosphoric ester groups is 1. The average Bonchev–Trinajstić information content (AvgIpc) is 3.72. The van der Waals surface area contributed by atoms with Gasteiger partial charge in [-0.05, 0) is 43.1 Å². The van der Waals surface area contributed by atoms with Crippen LogP contribution in [-0.2, 0) is 26.2 Å². The standard InChI is InChI=1S/C30H26F2N5O7PS/c1-19(28-36-27(14-46-28)20-6-9-23(33-2)10-7-20)30(15-37-17-34-16-35-37,25-11-8-22(31)13-26(25)32)43-18-42-29(38)21-4-3-5-24(12-21)44-45(39,40)41/h3-14,16-17,19H,2,15,18H2,1H3,(H2,39,40,41). The van der Waals surface area contributed by atoms with Crippen molar-refractivity contribution in [3.8, 4) is 17.0 Å². The van der Waals surface area contributed by atoms with Gasteiger partial charge in [-0.3, -0.25) is 14.8 Å². The highest BCUT2D eigenvalue weighted by atomic mass is 32.1. The van der Waals surface area contributed by atoms with Crippen LogP contribution in [0.3, 0.4) is 0 Å². The first-order chi connectivity index (χ1) is 22.0. The van der Waals surface area contributed by atoms with Crippen molar-refractivity contribution in [2.45, 2.75) is 25.0 Å². The van der Waals surface area contributed by atoms with Gasteiger partial charge in [-0.25, -0.2) is 32.8 Å². The van der Waals surface area contributed by atoms with Crippen molar-refractivity contribution in [1.29, 1.82) is 0 Å². The van der Waals surface area contributed by atoms with E-state index in [1.807, 2.05) is 17.5 Å². The molecule has 12 nitrogen and oxygen atoms in total. The Hall–Kier alpha value is -4.66. The van der Waals surface area contributed by atoms with Crippen molar-refractivity contribution in [3.63, 3.8) is 0 Å². The van der Waals surface area contributed by atoms with E-state index in [0.29, 0.717) is 16.4 Å². The summed E-state index contributed by atoms with van der Waals surface area (Å²) in [5, 5.41) is 6.52. The van der Waals surface area contributed by atoms with E-state index in [2.05, 4.69) is 26.3 Å². The molecule has 0 aliphatic carbocycles. The highest BCUT2D eigenvalue weighted by molar-refractivity contribution is 7.46. The minimum Gasteiger partial charge on any atom is -0.435 e. The molecule has 2 aromatic heterocycles. The van der Waals surface area contributed by atoms with Crippen molar-refractivity contribution in [1.82, 2.24) is 19.7 Å². The third-order valence-corrected chi connectivity index (χ3v) is 8.46. The van der Waals surface area contributed by atoms with Crippen LogP contribution in [0.5, 0.6) is 5.75 Å². The van der Waals surface area contributed by atoms with E-state index in [-0.39, 0.29) is 23.4 Å².